The molecular weight excluding hydrogens is 278 g/mol. The van der Waals surface area contributed by atoms with E-state index < -0.39 is 0 Å². The number of phenolic OH excluding ortho intramolecular Hbond substituents is 1. The summed E-state index contributed by atoms with van der Waals surface area (Å²) in [5.74, 6) is -0.0670. The van der Waals surface area contributed by atoms with Crippen LogP contribution in [0.5, 0.6) is 5.75 Å². The second-order valence-electron chi connectivity index (χ2n) is 6.67. The van der Waals surface area contributed by atoms with E-state index in [-0.39, 0.29) is 11.7 Å². The van der Waals surface area contributed by atoms with Gasteiger partial charge in [-0.3, -0.25) is 4.79 Å². The van der Waals surface area contributed by atoms with Crippen LogP contribution in [-0.2, 0) is 0 Å². The minimum Gasteiger partial charge on any atom is -0.507 e. The number of hydrogen-bond donors (Lipinski definition) is 2. The fourth-order valence-corrected chi connectivity index (χ4v) is 3.06. The van der Waals surface area contributed by atoms with Gasteiger partial charge in [0.25, 0.3) is 5.91 Å². The summed E-state index contributed by atoms with van der Waals surface area (Å²) in [6.45, 7) is 8.52. The molecule has 1 amide bonds. The zero-order valence-corrected chi connectivity index (χ0v) is 13.9. The Labute approximate surface area is 132 Å². The van der Waals surface area contributed by atoms with Gasteiger partial charge in [-0.2, -0.15) is 0 Å². The number of rotatable bonds is 4. The molecule has 1 aliphatic rings. The van der Waals surface area contributed by atoms with Crippen molar-refractivity contribution in [3.05, 3.63) is 23.3 Å². The number of likely N-dealkylation sites (N-methyl/N-ethyl adjacent to an activating group) is 1. The van der Waals surface area contributed by atoms with Crippen LogP contribution in [0.25, 0.3) is 0 Å². The highest BCUT2D eigenvalue weighted by Crippen LogP contribution is 2.27. The molecule has 1 saturated heterocycles. The van der Waals surface area contributed by atoms with Crippen molar-refractivity contribution in [1.82, 2.24) is 4.90 Å². The van der Waals surface area contributed by atoms with E-state index in [1.54, 1.807) is 19.1 Å². The largest absolute Gasteiger partial charge is 0.507 e. The van der Waals surface area contributed by atoms with Gasteiger partial charge in [0.1, 0.15) is 5.75 Å². The first-order valence-electron chi connectivity index (χ1n) is 8.08. The number of nitrogens with zero attached hydrogens (tertiary/aromatic N) is 2. The zero-order valence-electron chi connectivity index (χ0n) is 13.9. The van der Waals surface area contributed by atoms with E-state index in [1.807, 2.05) is 4.90 Å². The summed E-state index contributed by atoms with van der Waals surface area (Å²) in [4.78, 5) is 14.5. The number of aryl methyl sites for hydroxylation is 1. The molecule has 22 heavy (non-hydrogen) atoms. The van der Waals surface area contributed by atoms with Crippen LogP contribution < -0.4 is 5.73 Å². The second kappa shape index (κ2) is 6.57. The van der Waals surface area contributed by atoms with E-state index in [2.05, 4.69) is 14.0 Å². The fraction of sp³-hybridized carbons (Fsp3) is 0.588. The summed E-state index contributed by atoms with van der Waals surface area (Å²) in [6, 6.07) is 3.26. The molecule has 0 atom stereocenters. The Morgan fingerprint density at radius 2 is 2.00 bits per heavy atom. The van der Waals surface area contributed by atoms with Gasteiger partial charge in [-0.1, -0.05) is 13.3 Å². The van der Waals surface area contributed by atoms with E-state index in [9.17, 15) is 9.90 Å². The normalized spacial score (nSPS) is 17.5. The molecule has 5 nitrogen and oxygen atoms in total. The molecule has 5 heteroatoms. The first-order valence-corrected chi connectivity index (χ1v) is 8.08. The number of anilines is 1. The Hall–Kier alpha value is -1.75. The predicted octanol–water partition coefficient (Wildman–Crippen LogP) is 1.99. The number of benzene rings is 1. The van der Waals surface area contributed by atoms with Gasteiger partial charge in [0.2, 0.25) is 0 Å². The van der Waals surface area contributed by atoms with Crippen LogP contribution in [0.4, 0.5) is 5.69 Å². The molecule has 2 rings (SSSR count). The Morgan fingerprint density at radius 3 is 2.59 bits per heavy atom. The Bertz CT molecular complexity index is 549. The van der Waals surface area contributed by atoms with Crippen LogP contribution in [-0.4, -0.2) is 60.2 Å². The van der Waals surface area contributed by atoms with E-state index in [0.717, 1.165) is 30.7 Å². The van der Waals surface area contributed by atoms with Crippen molar-refractivity contribution in [3.63, 3.8) is 0 Å². The molecular formula is C17H28N3O2+. The lowest BCUT2D eigenvalue weighted by atomic mass is 10.1. The molecule has 1 heterocycles. The molecule has 0 aromatic heterocycles. The number of hydrogen-bond acceptors (Lipinski definition) is 3. The number of nitrogens with two attached hydrogens (primary N) is 1. The molecule has 0 radical (unpaired) electrons. The predicted molar refractivity (Wildman–Crippen MR) is 88.9 cm³/mol. The standard InChI is InChI=1S/C17H27N3O2/c1-4-5-8-20(3)9-6-19(7-10-20)17(22)15-12-14(18)11-13(2)16(15)21/h11-12H,4-10,18H2,1-3H3/p+1. The van der Waals surface area contributed by atoms with Gasteiger partial charge in [0.05, 0.1) is 45.3 Å². The Kier molecular flexibility index (Phi) is 4.96. The van der Waals surface area contributed by atoms with Crippen LogP contribution in [0.2, 0.25) is 0 Å². The third-order valence-corrected chi connectivity index (χ3v) is 4.71. The lowest BCUT2D eigenvalue weighted by molar-refractivity contribution is -0.913. The average Bonchev–Trinajstić information content (AvgIpc) is 2.49. The maximum Gasteiger partial charge on any atom is 0.258 e. The monoisotopic (exact) mass is 306 g/mol. The summed E-state index contributed by atoms with van der Waals surface area (Å²) < 4.78 is 1.03. The molecule has 0 saturated carbocycles. The van der Waals surface area contributed by atoms with Crippen molar-refractivity contribution in [2.75, 3.05) is 45.5 Å². The molecule has 0 spiro atoms. The van der Waals surface area contributed by atoms with Crippen molar-refractivity contribution in [1.29, 1.82) is 0 Å². The Morgan fingerprint density at radius 1 is 1.36 bits per heavy atom. The van der Waals surface area contributed by atoms with E-state index in [1.165, 1.54) is 19.4 Å². The lowest BCUT2D eigenvalue weighted by Gasteiger charge is -2.42. The van der Waals surface area contributed by atoms with Crippen LogP contribution in [0.15, 0.2) is 12.1 Å². The highest BCUT2D eigenvalue weighted by atomic mass is 16.3. The molecule has 3 N–H and O–H groups in total. The Balaban J connectivity index is 2.07. The molecule has 1 aromatic rings. The topological polar surface area (TPSA) is 66.6 Å². The second-order valence-corrected chi connectivity index (χ2v) is 6.67. The van der Waals surface area contributed by atoms with Gasteiger partial charge >= 0.3 is 0 Å². The molecule has 0 bridgehead atoms. The van der Waals surface area contributed by atoms with E-state index in [4.69, 9.17) is 5.73 Å². The third-order valence-electron chi connectivity index (χ3n) is 4.71. The van der Waals surface area contributed by atoms with Crippen LogP contribution >= 0.6 is 0 Å². The minimum absolute atomic E-state index is 0.0491. The number of aromatic hydroxyl groups is 1. The number of nitrogen functional groups attached to an aromatic ring is 1. The van der Waals surface area contributed by atoms with E-state index in [0.29, 0.717) is 16.8 Å². The summed E-state index contributed by atoms with van der Waals surface area (Å²) in [5.41, 5.74) is 7.29. The van der Waals surface area contributed by atoms with Gasteiger partial charge < -0.3 is 20.2 Å². The number of amides is 1. The van der Waals surface area contributed by atoms with Crippen molar-refractivity contribution < 1.29 is 14.4 Å². The first-order chi connectivity index (χ1) is 10.4. The molecule has 1 fully saturated rings. The third kappa shape index (κ3) is 3.53. The maximum atomic E-state index is 12.7. The smallest absolute Gasteiger partial charge is 0.258 e. The van der Waals surface area contributed by atoms with E-state index >= 15 is 0 Å². The quantitative estimate of drug-likeness (QED) is 0.508. The van der Waals surface area contributed by atoms with Gasteiger partial charge in [-0.25, -0.2) is 0 Å². The van der Waals surface area contributed by atoms with Crippen molar-refractivity contribution >= 4 is 11.6 Å². The van der Waals surface area contributed by atoms with Crippen LogP contribution in [0.1, 0.15) is 35.7 Å². The number of carbonyl (C=O) groups excluding carboxylic acids is 1. The molecule has 0 aliphatic carbocycles. The number of phenols is 1. The highest BCUT2D eigenvalue weighted by molar-refractivity contribution is 5.98. The molecule has 1 aliphatic heterocycles. The number of carbonyl (C=O) groups is 1. The first kappa shape index (κ1) is 16.6. The number of piperazine rings is 1. The van der Waals surface area contributed by atoms with Crippen molar-refractivity contribution in [2.45, 2.75) is 26.7 Å². The minimum atomic E-state index is -0.116. The molecule has 122 valence electrons. The number of unbranched alkanes of at least 4 members (excludes halogenated alkanes) is 1. The molecule has 1 aromatic carbocycles. The SMILES string of the molecule is CCCC[N+]1(C)CCN(C(=O)c2cc(N)cc(C)c2O)CC1. The highest BCUT2D eigenvalue weighted by Gasteiger charge is 2.31. The van der Waals surface area contributed by atoms with Crippen LogP contribution in [0.3, 0.4) is 0 Å². The van der Waals surface area contributed by atoms with Crippen molar-refractivity contribution in [3.8, 4) is 5.75 Å². The van der Waals surface area contributed by atoms with Crippen LogP contribution in [0, 0.1) is 6.92 Å². The fourth-order valence-electron chi connectivity index (χ4n) is 3.06. The molecule has 0 unspecified atom stereocenters. The zero-order chi connectivity index (χ0) is 16.3. The lowest BCUT2D eigenvalue weighted by Crippen LogP contribution is -2.58. The summed E-state index contributed by atoms with van der Waals surface area (Å²) in [7, 11) is 2.26. The van der Waals surface area contributed by atoms with Gasteiger partial charge in [-0.15, -0.1) is 0 Å². The van der Waals surface area contributed by atoms with Crippen molar-refractivity contribution in [2.24, 2.45) is 0 Å². The number of quaternary nitrogens is 1. The van der Waals surface area contributed by atoms with Gasteiger partial charge in [-0.05, 0) is 31.0 Å². The van der Waals surface area contributed by atoms with Gasteiger partial charge in [0.15, 0.2) is 0 Å². The van der Waals surface area contributed by atoms with Gasteiger partial charge in [0, 0.05) is 5.69 Å². The summed E-state index contributed by atoms with van der Waals surface area (Å²) in [5, 5.41) is 10.1. The summed E-state index contributed by atoms with van der Waals surface area (Å²) in [6.07, 6.45) is 2.42. The maximum absolute atomic E-state index is 12.7. The average molecular weight is 306 g/mol. The summed E-state index contributed by atoms with van der Waals surface area (Å²) >= 11 is 0.